The minimum Gasteiger partial charge on any atom is -0.480 e. The van der Waals surface area contributed by atoms with E-state index in [1.807, 2.05) is 13.8 Å². The summed E-state index contributed by atoms with van der Waals surface area (Å²) in [4.78, 5) is 20.2. The summed E-state index contributed by atoms with van der Waals surface area (Å²) >= 11 is 5.83. The molecule has 0 aliphatic rings. The van der Waals surface area contributed by atoms with Crippen LogP contribution in [0.4, 0.5) is 11.4 Å². The first-order valence-corrected chi connectivity index (χ1v) is 10.6. The van der Waals surface area contributed by atoms with Crippen LogP contribution in [0.15, 0.2) is 52.2 Å². The van der Waals surface area contributed by atoms with Gasteiger partial charge in [-0.2, -0.15) is 0 Å². The van der Waals surface area contributed by atoms with Crippen LogP contribution < -0.4 is 14.8 Å². The summed E-state index contributed by atoms with van der Waals surface area (Å²) in [5.41, 5.74) is 0.569. The highest BCUT2D eigenvalue weighted by Crippen LogP contribution is 2.27. The number of sulfonamides is 1. The third-order valence-corrected chi connectivity index (χ3v) is 5.62. The number of hydrogen-bond donors (Lipinski definition) is 2. The lowest BCUT2D eigenvalue weighted by atomic mass is 10.1. The molecule has 2 N–H and O–H groups in total. The molecule has 0 radical (unpaired) electrons. The second-order valence-corrected chi connectivity index (χ2v) is 8.61. The number of methoxy groups -OCH3 is 1. The van der Waals surface area contributed by atoms with E-state index in [1.54, 1.807) is 12.1 Å². The van der Waals surface area contributed by atoms with Gasteiger partial charge in [-0.3, -0.25) is 9.52 Å². The summed E-state index contributed by atoms with van der Waals surface area (Å²) in [6.07, 6.45) is 2.47. The highest BCUT2D eigenvalue weighted by molar-refractivity contribution is 7.92. The molecule has 0 atom stereocenters. The van der Waals surface area contributed by atoms with E-state index < -0.39 is 15.9 Å². The third kappa shape index (κ3) is 4.71. The Morgan fingerprint density at radius 1 is 1.17 bits per heavy atom. The maximum absolute atomic E-state index is 12.9. The smallest absolute Gasteiger partial charge is 0.277 e. The number of pyridine rings is 1. The SMILES string of the molecule is COc1ncc(NC(=O)c2ncoc2C(C)C)cc1S(=O)(=O)Nc1ccc(Cl)cc1. The Kier molecular flexibility index (Phi) is 6.28. The lowest BCUT2D eigenvalue weighted by Crippen LogP contribution is -2.17. The molecule has 0 aliphatic heterocycles. The molecule has 0 spiro atoms. The molecule has 158 valence electrons. The molecule has 30 heavy (non-hydrogen) atoms. The van der Waals surface area contributed by atoms with Gasteiger partial charge in [0.15, 0.2) is 17.0 Å². The van der Waals surface area contributed by atoms with Crippen molar-refractivity contribution in [1.82, 2.24) is 9.97 Å². The number of ether oxygens (including phenoxy) is 1. The number of halogens is 1. The van der Waals surface area contributed by atoms with Crippen LogP contribution >= 0.6 is 11.6 Å². The third-order valence-electron chi connectivity index (χ3n) is 3.99. The van der Waals surface area contributed by atoms with E-state index in [2.05, 4.69) is 20.0 Å². The normalized spacial score (nSPS) is 11.4. The van der Waals surface area contributed by atoms with Crippen LogP contribution in [0.2, 0.25) is 5.02 Å². The van der Waals surface area contributed by atoms with E-state index in [0.717, 1.165) is 0 Å². The number of benzene rings is 1. The van der Waals surface area contributed by atoms with Gasteiger partial charge < -0.3 is 14.5 Å². The zero-order valence-corrected chi connectivity index (χ0v) is 17.9. The van der Waals surface area contributed by atoms with E-state index in [-0.39, 0.29) is 28.1 Å². The fraction of sp³-hybridized carbons (Fsp3) is 0.211. The molecule has 3 aromatic rings. The van der Waals surface area contributed by atoms with E-state index >= 15 is 0 Å². The summed E-state index contributed by atoms with van der Waals surface area (Å²) < 4.78 is 38.5. The first kappa shape index (κ1) is 21.6. The van der Waals surface area contributed by atoms with Crippen molar-refractivity contribution in [1.29, 1.82) is 0 Å². The Hall–Kier alpha value is -3.11. The van der Waals surface area contributed by atoms with Gasteiger partial charge >= 0.3 is 0 Å². The Morgan fingerprint density at radius 3 is 2.50 bits per heavy atom. The maximum atomic E-state index is 12.9. The zero-order valence-electron chi connectivity index (χ0n) is 16.3. The standard InChI is InChI=1S/C19H19ClN4O5S/c1-11(2)17-16(22-10-29-17)18(25)23-14-8-15(19(28-3)21-9-14)30(26,27)24-13-6-4-12(20)5-7-13/h4-11,24H,1-3H3,(H,23,25). The van der Waals surface area contributed by atoms with Gasteiger partial charge in [0.05, 0.1) is 19.0 Å². The van der Waals surface area contributed by atoms with Gasteiger partial charge in [0.2, 0.25) is 5.88 Å². The molecule has 0 saturated heterocycles. The largest absolute Gasteiger partial charge is 0.480 e. The van der Waals surface area contributed by atoms with Gasteiger partial charge in [-0.1, -0.05) is 25.4 Å². The molecule has 1 aromatic carbocycles. The van der Waals surface area contributed by atoms with Gasteiger partial charge in [0.25, 0.3) is 15.9 Å². The fourth-order valence-corrected chi connectivity index (χ4v) is 3.93. The van der Waals surface area contributed by atoms with Crippen molar-refractivity contribution >= 4 is 38.9 Å². The molecule has 9 nitrogen and oxygen atoms in total. The monoisotopic (exact) mass is 450 g/mol. The first-order chi connectivity index (χ1) is 14.2. The molecule has 3 rings (SSSR count). The minimum atomic E-state index is -4.07. The lowest BCUT2D eigenvalue weighted by Gasteiger charge is -2.13. The molecule has 0 aliphatic carbocycles. The molecule has 0 unspecified atom stereocenters. The Labute approximate surface area is 178 Å². The number of hydrogen-bond acceptors (Lipinski definition) is 7. The van der Waals surface area contributed by atoms with Crippen LogP contribution in [0.1, 0.15) is 36.0 Å². The number of carbonyl (C=O) groups excluding carboxylic acids is 1. The van der Waals surface area contributed by atoms with Gasteiger partial charge in [-0.05, 0) is 30.3 Å². The van der Waals surface area contributed by atoms with Crippen molar-refractivity contribution in [2.75, 3.05) is 17.1 Å². The summed E-state index contributed by atoms with van der Waals surface area (Å²) in [7, 11) is -2.77. The van der Waals surface area contributed by atoms with Gasteiger partial charge in [0.1, 0.15) is 5.76 Å². The number of nitrogens with zero attached hydrogens (tertiary/aromatic N) is 2. The Morgan fingerprint density at radius 2 is 1.87 bits per heavy atom. The molecule has 0 fully saturated rings. The molecular formula is C19H19ClN4O5S. The topological polar surface area (TPSA) is 123 Å². The summed E-state index contributed by atoms with van der Waals surface area (Å²) in [6.45, 7) is 3.72. The van der Waals surface area contributed by atoms with Crippen molar-refractivity contribution in [3.05, 3.63) is 59.4 Å². The second-order valence-electron chi connectivity index (χ2n) is 6.52. The van der Waals surface area contributed by atoms with Crippen LogP contribution in [0.3, 0.4) is 0 Å². The number of aromatic nitrogens is 2. The molecule has 11 heteroatoms. The second kappa shape index (κ2) is 8.72. The van der Waals surface area contributed by atoms with Crippen LogP contribution in [-0.4, -0.2) is 31.4 Å². The molecule has 1 amide bonds. The van der Waals surface area contributed by atoms with Crippen LogP contribution in [0.25, 0.3) is 0 Å². The van der Waals surface area contributed by atoms with Crippen LogP contribution in [-0.2, 0) is 10.0 Å². The fourth-order valence-electron chi connectivity index (χ4n) is 2.60. The zero-order chi connectivity index (χ0) is 21.9. The predicted octanol–water partition coefficient (Wildman–Crippen LogP) is 3.91. The summed E-state index contributed by atoms with van der Waals surface area (Å²) in [6, 6.07) is 7.38. The number of amides is 1. The number of rotatable bonds is 7. The molecule has 0 saturated carbocycles. The maximum Gasteiger partial charge on any atom is 0.277 e. The van der Waals surface area contributed by atoms with E-state index in [9.17, 15) is 13.2 Å². The van der Waals surface area contributed by atoms with E-state index in [4.69, 9.17) is 20.8 Å². The number of oxazole rings is 1. The Balaban J connectivity index is 1.90. The van der Waals surface area contributed by atoms with Gasteiger partial charge in [0, 0.05) is 16.6 Å². The highest BCUT2D eigenvalue weighted by atomic mass is 35.5. The van der Waals surface area contributed by atoms with Gasteiger partial charge in [-0.15, -0.1) is 0 Å². The molecule has 0 bridgehead atoms. The average Bonchev–Trinajstić information content (AvgIpc) is 3.20. The quantitative estimate of drug-likeness (QED) is 0.559. The van der Waals surface area contributed by atoms with Gasteiger partial charge in [-0.25, -0.2) is 18.4 Å². The Bertz CT molecular complexity index is 1160. The van der Waals surface area contributed by atoms with Crippen molar-refractivity contribution in [3.8, 4) is 5.88 Å². The average molecular weight is 451 g/mol. The van der Waals surface area contributed by atoms with E-state index in [0.29, 0.717) is 16.5 Å². The predicted molar refractivity (Wildman–Crippen MR) is 112 cm³/mol. The summed E-state index contributed by atoms with van der Waals surface area (Å²) in [5, 5.41) is 3.05. The number of anilines is 2. The lowest BCUT2D eigenvalue weighted by molar-refractivity contribution is 0.102. The van der Waals surface area contributed by atoms with Crippen molar-refractivity contribution in [3.63, 3.8) is 0 Å². The van der Waals surface area contributed by atoms with Crippen molar-refractivity contribution < 1.29 is 22.4 Å². The molecule has 2 heterocycles. The van der Waals surface area contributed by atoms with E-state index in [1.165, 1.54) is 37.9 Å². The molecular weight excluding hydrogens is 432 g/mol. The highest BCUT2D eigenvalue weighted by Gasteiger charge is 2.24. The first-order valence-electron chi connectivity index (χ1n) is 8.78. The minimum absolute atomic E-state index is 0.0539. The number of nitrogens with one attached hydrogen (secondary N) is 2. The number of carbonyl (C=O) groups is 1. The molecule has 2 aromatic heterocycles. The van der Waals surface area contributed by atoms with Crippen molar-refractivity contribution in [2.24, 2.45) is 0 Å². The summed E-state index contributed by atoms with van der Waals surface area (Å²) in [5.74, 6) is -0.305. The van der Waals surface area contributed by atoms with Crippen LogP contribution in [0.5, 0.6) is 5.88 Å². The van der Waals surface area contributed by atoms with Crippen LogP contribution in [0, 0.1) is 0 Å². The van der Waals surface area contributed by atoms with Crippen molar-refractivity contribution in [2.45, 2.75) is 24.7 Å².